The van der Waals surface area contributed by atoms with Crippen LogP contribution in [0.5, 0.6) is 0 Å². The van der Waals surface area contributed by atoms with E-state index in [9.17, 15) is 4.79 Å². The highest BCUT2D eigenvalue weighted by molar-refractivity contribution is 7.99. The molecular weight excluding hydrogens is 418 g/mol. The van der Waals surface area contributed by atoms with Gasteiger partial charge >= 0.3 is 0 Å². The second kappa shape index (κ2) is 9.70. The van der Waals surface area contributed by atoms with Crippen LogP contribution in [0.2, 0.25) is 0 Å². The van der Waals surface area contributed by atoms with Gasteiger partial charge in [0.2, 0.25) is 11.9 Å². The summed E-state index contributed by atoms with van der Waals surface area (Å²) in [6.07, 6.45) is 1.91. The number of hydrogen-bond donors (Lipinski definition) is 0. The van der Waals surface area contributed by atoms with Crippen molar-refractivity contribution in [2.45, 2.75) is 51.4 Å². The number of amides is 1. The Morgan fingerprint density at radius 1 is 1.30 bits per heavy atom. The van der Waals surface area contributed by atoms with Crippen molar-refractivity contribution < 1.29 is 9.53 Å². The number of hydrogen-bond acceptors (Lipinski definition) is 7. The molecule has 7 nitrogen and oxygen atoms in total. The van der Waals surface area contributed by atoms with Crippen molar-refractivity contribution in [2.24, 2.45) is 5.92 Å². The minimum atomic E-state index is 0.190. The maximum absolute atomic E-state index is 13.1. The number of carbonyl (C=O) groups excluding carboxylic acids is 1. The molecule has 164 valence electrons. The van der Waals surface area contributed by atoms with E-state index in [1.807, 2.05) is 11.3 Å². The SMILES string of the molecule is CCC1c2ccsc2CCN1C(=O)CSc1nnc(N2CCOCC2)n1CC(C)C. The number of ether oxygens (including phenoxy) is 1. The molecule has 0 radical (unpaired) electrons. The zero-order valence-corrected chi connectivity index (χ0v) is 19.7. The lowest BCUT2D eigenvalue weighted by molar-refractivity contribution is -0.131. The minimum absolute atomic E-state index is 0.190. The van der Waals surface area contributed by atoms with Crippen molar-refractivity contribution in [1.82, 2.24) is 19.7 Å². The first-order valence-corrected chi connectivity index (χ1v) is 12.7. The highest BCUT2D eigenvalue weighted by atomic mass is 32.2. The number of rotatable bonds is 7. The molecule has 2 aromatic heterocycles. The van der Waals surface area contributed by atoms with Crippen LogP contribution in [-0.2, 0) is 22.5 Å². The summed E-state index contributed by atoms with van der Waals surface area (Å²) in [6.45, 7) is 11.3. The van der Waals surface area contributed by atoms with Crippen LogP contribution in [0, 0.1) is 5.92 Å². The molecule has 1 amide bonds. The minimum Gasteiger partial charge on any atom is -0.378 e. The standard InChI is InChI=1S/C21H31N5O2S2/c1-4-17-16-6-12-29-18(16)5-7-25(17)19(27)14-30-21-23-22-20(26(21)13-15(2)3)24-8-10-28-11-9-24/h6,12,15,17H,4-5,7-11,13-14H2,1-3H3. The molecule has 1 fully saturated rings. The molecule has 1 saturated heterocycles. The van der Waals surface area contributed by atoms with Crippen LogP contribution in [0.1, 0.15) is 43.7 Å². The molecule has 0 aromatic carbocycles. The van der Waals surface area contributed by atoms with Crippen LogP contribution in [-0.4, -0.2) is 64.2 Å². The van der Waals surface area contributed by atoms with Crippen molar-refractivity contribution in [3.63, 3.8) is 0 Å². The molecule has 30 heavy (non-hydrogen) atoms. The number of carbonyl (C=O) groups is 1. The van der Waals surface area contributed by atoms with Crippen molar-refractivity contribution in [3.8, 4) is 0 Å². The van der Waals surface area contributed by atoms with Crippen LogP contribution in [0.25, 0.3) is 0 Å². The van der Waals surface area contributed by atoms with E-state index in [-0.39, 0.29) is 11.9 Å². The summed E-state index contributed by atoms with van der Waals surface area (Å²) in [5.41, 5.74) is 1.34. The summed E-state index contributed by atoms with van der Waals surface area (Å²) in [5, 5.41) is 11.9. The van der Waals surface area contributed by atoms with Crippen LogP contribution < -0.4 is 4.90 Å². The third-order valence-corrected chi connectivity index (χ3v) is 7.61. The molecule has 9 heteroatoms. The molecule has 2 aliphatic rings. The molecule has 0 N–H and O–H groups in total. The van der Waals surface area contributed by atoms with Crippen LogP contribution >= 0.6 is 23.1 Å². The van der Waals surface area contributed by atoms with Gasteiger partial charge in [0.05, 0.1) is 25.0 Å². The molecule has 0 aliphatic carbocycles. The number of anilines is 1. The Kier molecular flexibility index (Phi) is 7.00. The van der Waals surface area contributed by atoms with E-state index in [4.69, 9.17) is 4.74 Å². The Labute approximate surface area is 186 Å². The topological polar surface area (TPSA) is 63.5 Å². The van der Waals surface area contributed by atoms with Gasteiger partial charge in [0.25, 0.3) is 0 Å². The molecule has 2 aliphatic heterocycles. The number of fused-ring (bicyclic) bond motifs is 1. The maximum atomic E-state index is 13.1. The fourth-order valence-electron chi connectivity index (χ4n) is 4.25. The summed E-state index contributed by atoms with van der Waals surface area (Å²) in [5.74, 6) is 1.96. The molecule has 1 unspecified atom stereocenters. The fourth-order valence-corrected chi connectivity index (χ4v) is 6.01. The van der Waals surface area contributed by atoms with E-state index in [1.165, 1.54) is 22.2 Å². The van der Waals surface area contributed by atoms with Gasteiger partial charge in [-0.15, -0.1) is 21.5 Å². The zero-order valence-electron chi connectivity index (χ0n) is 18.0. The molecule has 4 rings (SSSR count). The highest BCUT2D eigenvalue weighted by Crippen LogP contribution is 2.36. The van der Waals surface area contributed by atoms with Crippen molar-refractivity contribution >= 4 is 35.0 Å². The summed E-state index contributed by atoms with van der Waals surface area (Å²) in [7, 11) is 0. The van der Waals surface area contributed by atoms with Crippen molar-refractivity contribution in [1.29, 1.82) is 0 Å². The Morgan fingerprint density at radius 2 is 2.10 bits per heavy atom. The predicted molar refractivity (Wildman–Crippen MR) is 121 cm³/mol. The smallest absolute Gasteiger partial charge is 0.233 e. The zero-order chi connectivity index (χ0) is 21.1. The van der Waals surface area contributed by atoms with Gasteiger partial charge in [0, 0.05) is 31.1 Å². The van der Waals surface area contributed by atoms with Crippen LogP contribution in [0.15, 0.2) is 16.6 Å². The summed E-state index contributed by atoms with van der Waals surface area (Å²) < 4.78 is 7.66. The lowest BCUT2D eigenvalue weighted by atomic mass is 9.98. The first-order chi connectivity index (χ1) is 14.6. The number of morpholine rings is 1. The Hall–Kier alpha value is -1.58. The quantitative estimate of drug-likeness (QED) is 0.603. The van der Waals surface area contributed by atoms with Gasteiger partial charge in [-0.05, 0) is 35.8 Å². The molecular formula is C21H31N5O2S2. The largest absolute Gasteiger partial charge is 0.378 e. The molecule has 2 aromatic rings. The fraction of sp³-hybridized carbons (Fsp3) is 0.667. The summed E-state index contributed by atoms with van der Waals surface area (Å²) in [6, 6.07) is 2.39. The van der Waals surface area contributed by atoms with E-state index in [1.54, 1.807) is 0 Å². The molecule has 4 heterocycles. The van der Waals surface area contributed by atoms with Gasteiger partial charge in [-0.3, -0.25) is 9.36 Å². The number of aromatic nitrogens is 3. The predicted octanol–water partition coefficient (Wildman–Crippen LogP) is 3.46. The third kappa shape index (κ3) is 4.53. The van der Waals surface area contributed by atoms with E-state index in [0.29, 0.717) is 24.9 Å². The van der Waals surface area contributed by atoms with E-state index in [2.05, 4.69) is 56.8 Å². The second-order valence-corrected chi connectivity index (χ2v) is 10.2. The number of thioether (sulfide) groups is 1. The third-order valence-electron chi connectivity index (χ3n) is 5.67. The highest BCUT2D eigenvalue weighted by Gasteiger charge is 2.30. The Morgan fingerprint density at radius 3 is 2.83 bits per heavy atom. The van der Waals surface area contributed by atoms with Crippen LogP contribution in [0.3, 0.4) is 0 Å². The maximum Gasteiger partial charge on any atom is 0.233 e. The average Bonchev–Trinajstić information content (AvgIpc) is 3.38. The number of nitrogens with zero attached hydrogens (tertiary/aromatic N) is 5. The molecule has 1 atom stereocenters. The summed E-state index contributed by atoms with van der Waals surface area (Å²) in [4.78, 5) is 18.9. The Bertz CT molecular complexity index is 859. The molecule has 0 saturated carbocycles. The lowest BCUT2D eigenvalue weighted by Crippen LogP contribution is -2.40. The molecule has 0 spiro atoms. The van der Waals surface area contributed by atoms with E-state index < -0.39 is 0 Å². The lowest BCUT2D eigenvalue weighted by Gasteiger charge is -2.35. The average molecular weight is 450 g/mol. The van der Waals surface area contributed by atoms with E-state index >= 15 is 0 Å². The van der Waals surface area contributed by atoms with E-state index in [0.717, 1.165) is 50.1 Å². The monoisotopic (exact) mass is 449 g/mol. The van der Waals surface area contributed by atoms with Gasteiger partial charge in [0.1, 0.15) is 0 Å². The normalized spacial score (nSPS) is 19.4. The first kappa shape index (κ1) is 21.6. The van der Waals surface area contributed by atoms with Gasteiger partial charge in [-0.1, -0.05) is 32.5 Å². The van der Waals surface area contributed by atoms with Gasteiger partial charge < -0.3 is 14.5 Å². The summed E-state index contributed by atoms with van der Waals surface area (Å²) >= 11 is 3.33. The Balaban J connectivity index is 1.46. The van der Waals surface area contributed by atoms with Crippen LogP contribution in [0.4, 0.5) is 5.95 Å². The number of thiophene rings is 1. The van der Waals surface area contributed by atoms with Gasteiger partial charge in [0.15, 0.2) is 5.16 Å². The second-order valence-electron chi connectivity index (χ2n) is 8.24. The van der Waals surface area contributed by atoms with Gasteiger partial charge in [-0.2, -0.15) is 0 Å². The van der Waals surface area contributed by atoms with Crippen molar-refractivity contribution in [3.05, 3.63) is 21.9 Å². The first-order valence-electron chi connectivity index (χ1n) is 10.8. The molecule has 0 bridgehead atoms. The van der Waals surface area contributed by atoms with Crippen molar-refractivity contribution in [2.75, 3.05) is 43.5 Å². The van der Waals surface area contributed by atoms with Gasteiger partial charge in [-0.25, -0.2) is 0 Å².